The number of rotatable bonds is 7. The van der Waals surface area contributed by atoms with E-state index in [4.69, 9.17) is 21.1 Å². The third-order valence-corrected chi connectivity index (χ3v) is 4.91. The number of carbonyl (C=O) groups is 2. The fraction of sp³-hybridized carbons (Fsp3) is 0.261. The predicted octanol–water partition coefficient (Wildman–Crippen LogP) is 3.91. The van der Waals surface area contributed by atoms with Crippen LogP contribution in [0.25, 0.3) is 10.9 Å². The zero-order chi connectivity index (χ0) is 21.7. The largest absolute Gasteiger partial charge is 0.465 e. The van der Waals surface area contributed by atoms with Gasteiger partial charge in [0.15, 0.2) is 5.92 Å². The van der Waals surface area contributed by atoms with Gasteiger partial charge in [-0.3, -0.25) is 14.4 Å². The zero-order valence-corrected chi connectivity index (χ0v) is 17.5. The highest BCUT2D eigenvalue weighted by atomic mass is 35.5. The summed E-state index contributed by atoms with van der Waals surface area (Å²) in [6, 6.07) is 15.7. The highest BCUT2D eigenvalue weighted by molar-refractivity contribution is 6.30. The van der Waals surface area contributed by atoms with E-state index in [0.29, 0.717) is 22.5 Å². The van der Waals surface area contributed by atoms with E-state index < -0.39 is 17.9 Å². The number of carbonyl (C=O) groups excluding carboxylic acids is 2. The lowest BCUT2D eigenvalue weighted by Crippen LogP contribution is -2.29. The second kappa shape index (κ2) is 9.59. The average Bonchev–Trinajstić information content (AvgIpc) is 2.73. The number of ether oxygens (including phenoxy) is 2. The second-order valence-corrected chi connectivity index (χ2v) is 7.04. The van der Waals surface area contributed by atoms with Crippen molar-refractivity contribution in [3.05, 3.63) is 81.1 Å². The minimum atomic E-state index is -1.33. The Labute approximate surface area is 179 Å². The fourth-order valence-corrected chi connectivity index (χ4v) is 3.46. The molecule has 3 rings (SSSR count). The van der Waals surface area contributed by atoms with Crippen LogP contribution < -0.4 is 5.56 Å². The van der Waals surface area contributed by atoms with E-state index in [-0.39, 0.29) is 24.3 Å². The number of hydrogen-bond donors (Lipinski definition) is 0. The van der Waals surface area contributed by atoms with Crippen LogP contribution in [0.5, 0.6) is 0 Å². The first kappa shape index (κ1) is 21.6. The van der Waals surface area contributed by atoms with Gasteiger partial charge >= 0.3 is 11.9 Å². The molecule has 0 atom stereocenters. The minimum absolute atomic E-state index is 0.111. The number of aromatic nitrogens is 1. The van der Waals surface area contributed by atoms with Crippen molar-refractivity contribution in [2.75, 3.05) is 13.2 Å². The predicted molar refractivity (Wildman–Crippen MR) is 115 cm³/mol. The Balaban J connectivity index is 2.16. The zero-order valence-electron chi connectivity index (χ0n) is 16.8. The van der Waals surface area contributed by atoms with Crippen molar-refractivity contribution in [1.29, 1.82) is 0 Å². The molecule has 0 aliphatic carbocycles. The van der Waals surface area contributed by atoms with E-state index in [1.54, 1.807) is 54.8 Å². The van der Waals surface area contributed by atoms with Crippen molar-refractivity contribution in [3.63, 3.8) is 0 Å². The molecule has 1 aromatic heterocycles. The first-order chi connectivity index (χ1) is 14.5. The molecule has 0 aliphatic heterocycles. The Morgan fingerprint density at radius 1 is 0.967 bits per heavy atom. The number of pyridine rings is 1. The third-order valence-electron chi connectivity index (χ3n) is 4.66. The molecule has 6 nitrogen and oxygen atoms in total. The summed E-state index contributed by atoms with van der Waals surface area (Å²) in [6.07, 6.45) is 0. The van der Waals surface area contributed by atoms with Gasteiger partial charge in [-0.15, -0.1) is 0 Å². The Bertz CT molecular complexity index is 1100. The topological polar surface area (TPSA) is 74.6 Å². The Hall–Kier alpha value is -3.12. The lowest BCUT2D eigenvalue weighted by Gasteiger charge is -2.19. The van der Waals surface area contributed by atoms with Gasteiger partial charge in [-0.05, 0) is 43.2 Å². The number of hydrogen-bond acceptors (Lipinski definition) is 5. The van der Waals surface area contributed by atoms with Crippen LogP contribution >= 0.6 is 11.6 Å². The Kier molecular flexibility index (Phi) is 6.90. The SMILES string of the molecule is CCOC(=O)C(C(=O)OCC)c1cc(=O)n(Cc2ccc(Cl)cc2)c2ccccc12. The summed E-state index contributed by atoms with van der Waals surface area (Å²) >= 11 is 5.95. The molecule has 0 saturated carbocycles. The molecule has 0 fully saturated rings. The molecule has 0 bridgehead atoms. The first-order valence-corrected chi connectivity index (χ1v) is 10.0. The van der Waals surface area contributed by atoms with Gasteiger partial charge in [0.25, 0.3) is 5.56 Å². The van der Waals surface area contributed by atoms with Crippen LogP contribution in [-0.4, -0.2) is 29.7 Å². The van der Waals surface area contributed by atoms with Crippen LogP contribution in [0.2, 0.25) is 5.02 Å². The van der Waals surface area contributed by atoms with Crippen molar-refractivity contribution in [1.82, 2.24) is 4.57 Å². The molecule has 0 amide bonds. The van der Waals surface area contributed by atoms with Crippen LogP contribution in [0, 0.1) is 0 Å². The first-order valence-electron chi connectivity index (χ1n) is 9.66. The van der Waals surface area contributed by atoms with Crippen molar-refractivity contribution in [3.8, 4) is 0 Å². The number of para-hydroxylation sites is 1. The Morgan fingerprint density at radius 2 is 1.57 bits per heavy atom. The molecule has 0 saturated heterocycles. The highest BCUT2D eigenvalue weighted by Crippen LogP contribution is 2.27. The van der Waals surface area contributed by atoms with Gasteiger partial charge in [-0.25, -0.2) is 0 Å². The van der Waals surface area contributed by atoms with E-state index in [0.717, 1.165) is 5.56 Å². The van der Waals surface area contributed by atoms with E-state index >= 15 is 0 Å². The molecular formula is C23H22ClNO5. The van der Waals surface area contributed by atoms with Crippen molar-refractivity contribution in [2.24, 2.45) is 0 Å². The fourth-order valence-electron chi connectivity index (χ4n) is 3.34. The molecule has 0 N–H and O–H groups in total. The van der Waals surface area contributed by atoms with Gasteiger partial charge in [-0.2, -0.15) is 0 Å². The smallest absolute Gasteiger partial charge is 0.324 e. The van der Waals surface area contributed by atoms with E-state index in [1.165, 1.54) is 6.07 Å². The quantitative estimate of drug-likeness (QED) is 0.422. The van der Waals surface area contributed by atoms with Crippen LogP contribution in [0.4, 0.5) is 0 Å². The summed E-state index contributed by atoms with van der Waals surface area (Å²) in [7, 11) is 0. The second-order valence-electron chi connectivity index (χ2n) is 6.60. The van der Waals surface area contributed by atoms with Crippen molar-refractivity contribution < 1.29 is 19.1 Å². The maximum absolute atomic E-state index is 13.0. The summed E-state index contributed by atoms with van der Waals surface area (Å²) in [5.74, 6) is -2.81. The Morgan fingerprint density at radius 3 is 2.17 bits per heavy atom. The van der Waals surface area contributed by atoms with Crippen LogP contribution in [0.3, 0.4) is 0 Å². The molecule has 0 spiro atoms. The normalized spacial score (nSPS) is 10.9. The van der Waals surface area contributed by atoms with Crippen molar-refractivity contribution >= 4 is 34.4 Å². The van der Waals surface area contributed by atoms with Crippen molar-refractivity contribution in [2.45, 2.75) is 26.3 Å². The molecule has 0 radical (unpaired) electrons. The number of esters is 2. The van der Waals surface area contributed by atoms with Crippen LogP contribution in [0.1, 0.15) is 30.9 Å². The number of benzene rings is 2. The summed E-state index contributed by atoms with van der Waals surface area (Å²) in [5, 5.41) is 1.22. The molecule has 7 heteroatoms. The third kappa shape index (κ3) is 4.54. The van der Waals surface area contributed by atoms with Crippen LogP contribution in [-0.2, 0) is 25.6 Å². The van der Waals surface area contributed by atoms with Crippen LogP contribution in [0.15, 0.2) is 59.4 Å². The number of fused-ring (bicyclic) bond motifs is 1. The average molecular weight is 428 g/mol. The van der Waals surface area contributed by atoms with Gasteiger partial charge in [0.05, 0.1) is 25.3 Å². The molecule has 1 heterocycles. The van der Waals surface area contributed by atoms with E-state index in [2.05, 4.69) is 0 Å². The van der Waals surface area contributed by atoms with Gasteiger partial charge in [-0.1, -0.05) is 41.9 Å². The molecule has 30 heavy (non-hydrogen) atoms. The monoisotopic (exact) mass is 427 g/mol. The van der Waals surface area contributed by atoms with Gasteiger partial charge < -0.3 is 14.0 Å². The van der Waals surface area contributed by atoms with E-state index in [9.17, 15) is 14.4 Å². The molecule has 3 aromatic rings. The standard InChI is InChI=1S/C23H22ClNO5/c1-3-29-22(27)21(23(28)30-4-2)18-13-20(26)25(19-8-6-5-7-17(18)19)14-15-9-11-16(24)12-10-15/h5-13,21H,3-4,14H2,1-2H3. The molecule has 0 aliphatic rings. The summed E-state index contributed by atoms with van der Waals surface area (Å²) in [4.78, 5) is 38.2. The van der Waals surface area contributed by atoms with Gasteiger partial charge in [0, 0.05) is 16.5 Å². The van der Waals surface area contributed by atoms with E-state index in [1.807, 2.05) is 12.1 Å². The maximum Gasteiger partial charge on any atom is 0.324 e. The summed E-state index contributed by atoms with van der Waals surface area (Å²) < 4.78 is 11.8. The minimum Gasteiger partial charge on any atom is -0.465 e. The molecular weight excluding hydrogens is 406 g/mol. The molecule has 0 unspecified atom stereocenters. The lowest BCUT2D eigenvalue weighted by atomic mass is 9.95. The lowest BCUT2D eigenvalue weighted by molar-refractivity contribution is -0.156. The summed E-state index contributed by atoms with van der Waals surface area (Å²) in [6.45, 7) is 3.85. The highest BCUT2D eigenvalue weighted by Gasteiger charge is 2.33. The maximum atomic E-state index is 13.0. The number of nitrogens with zero attached hydrogens (tertiary/aromatic N) is 1. The molecule has 2 aromatic carbocycles. The molecule has 156 valence electrons. The van der Waals surface area contributed by atoms with Gasteiger partial charge in [0.1, 0.15) is 0 Å². The summed E-state index contributed by atoms with van der Waals surface area (Å²) in [5.41, 5.74) is 1.44. The van der Waals surface area contributed by atoms with Gasteiger partial charge in [0.2, 0.25) is 0 Å². The number of halogens is 1.